The Morgan fingerprint density at radius 1 is 1.05 bits per heavy atom. The molecule has 10 heteroatoms. The molecule has 0 atom stereocenters. The minimum Gasteiger partial charge on any atom is -0.444 e. The Kier molecular flexibility index (Phi) is 7.84. The zero-order valence-electron chi connectivity index (χ0n) is 23.0. The van der Waals surface area contributed by atoms with Crippen LogP contribution in [-0.4, -0.2) is 53.1 Å². The second-order valence-electron chi connectivity index (χ2n) is 11.2. The molecule has 0 bridgehead atoms. The fraction of sp³-hybridized carbons (Fsp3) is 0.333. The van der Waals surface area contributed by atoms with Crippen molar-refractivity contribution in [2.24, 2.45) is 0 Å². The first-order valence-electron chi connectivity index (χ1n) is 13.2. The van der Waals surface area contributed by atoms with Crippen molar-refractivity contribution < 1.29 is 17.9 Å². The Hall–Kier alpha value is -3.12. The number of hydrogen-bond donors (Lipinski definition) is 1. The molecule has 0 radical (unpaired) electrons. The van der Waals surface area contributed by atoms with Crippen molar-refractivity contribution in [3.8, 4) is 11.1 Å². The van der Waals surface area contributed by atoms with Gasteiger partial charge in [-0.15, -0.1) is 0 Å². The topological polar surface area (TPSA) is 93.5 Å². The zero-order valence-corrected chi connectivity index (χ0v) is 26.0. The fourth-order valence-corrected chi connectivity index (χ4v) is 6.95. The summed E-state index contributed by atoms with van der Waals surface area (Å²) < 4.78 is 34.3. The number of hydrogen-bond acceptors (Lipinski definition) is 6. The highest BCUT2D eigenvalue weighted by molar-refractivity contribution is 14.1. The maximum absolute atomic E-state index is 13.4. The number of pyridine rings is 1. The number of likely N-dealkylation sites (tertiary alicyclic amines) is 1. The Labute approximate surface area is 248 Å². The van der Waals surface area contributed by atoms with E-state index in [1.807, 2.05) is 52.0 Å². The number of halogens is 1. The highest BCUT2D eigenvalue weighted by Gasteiger charge is 2.27. The van der Waals surface area contributed by atoms with Gasteiger partial charge in [-0.05, 0) is 99.0 Å². The SMILES string of the molecule is Cc1ccc(S(=O)(=O)n2cc(I)c3cc(-c4cccc(NC5CCN(C(=O)OC(C)(C)C)CC5)c4)cnc32)cc1. The number of nitrogens with one attached hydrogen (secondary N) is 1. The van der Waals surface area contributed by atoms with E-state index >= 15 is 0 Å². The van der Waals surface area contributed by atoms with Gasteiger partial charge >= 0.3 is 6.09 Å². The van der Waals surface area contributed by atoms with E-state index in [1.165, 1.54) is 3.97 Å². The van der Waals surface area contributed by atoms with Crippen LogP contribution >= 0.6 is 22.6 Å². The van der Waals surface area contributed by atoms with Crippen LogP contribution in [0.25, 0.3) is 22.2 Å². The predicted octanol–water partition coefficient (Wildman–Crippen LogP) is 6.66. The number of rotatable bonds is 5. The van der Waals surface area contributed by atoms with Crippen molar-refractivity contribution in [1.82, 2.24) is 13.9 Å². The number of anilines is 1. The van der Waals surface area contributed by atoms with Crippen LogP contribution < -0.4 is 5.32 Å². The van der Waals surface area contributed by atoms with Gasteiger partial charge in [-0.3, -0.25) is 0 Å². The first kappa shape index (κ1) is 28.4. The summed E-state index contributed by atoms with van der Waals surface area (Å²) in [4.78, 5) is 19.0. The summed E-state index contributed by atoms with van der Waals surface area (Å²) in [7, 11) is -3.77. The number of piperidine rings is 1. The minimum absolute atomic E-state index is 0.230. The van der Waals surface area contributed by atoms with Gasteiger partial charge in [0.25, 0.3) is 10.0 Å². The monoisotopic (exact) mass is 672 g/mol. The van der Waals surface area contributed by atoms with Crippen LogP contribution in [0.3, 0.4) is 0 Å². The molecular weight excluding hydrogens is 639 g/mol. The highest BCUT2D eigenvalue weighted by Crippen LogP contribution is 2.31. The molecule has 8 nitrogen and oxygen atoms in total. The lowest BCUT2D eigenvalue weighted by atomic mass is 10.0. The number of amides is 1. The Balaban J connectivity index is 1.32. The van der Waals surface area contributed by atoms with Gasteiger partial charge in [0.1, 0.15) is 5.60 Å². The number of aryl methyl sites for hydroxylation is 1. The van der Waals surface area contributed by atoms with Crippen molar-refractivity contribution in [2.75, 3.05) is 18.4 Å². The van der Waals surface area contributed by atoms with Gasteiger partial charge in [0.15, 0.2) is 5.65 Å². The second-order valence-corrected chi connectivity index (χ2v) is 14.1. The molecule has 1 aliphatic heterocycles. The summed E-state index contributed by atoms with van der Waals surface area (Å²) in [6.07, 6.45) is 4.75. The smallest absolute Gasteiger partial charge is 0.410 e. The molecule has 2 aromatic carbocycles. The lowest BCUT2D eigenvalue weighted by molar-refractivity contribution is 0.0210. The van der Waals surface area contributed by atoms with E-state index in [0.717, 1.165) is 44.2 Å². The van der Waals surface area contributed by atoms with Crippen LogP contribution in [0.15, 0.2) is 71.9 Å². The lowest BCUT2D eigenvalue weighted by Gasteiger charge is -2.34. The van der Waals surface area contributed by atoms with Crippen LogP contribution in [0.4, 0.5) is 10.5 Å². The van der Waals surface area contributed by atoms with Gasteiger partial charge in [0.05, 0.1) is 4.90 Å². The number of carbonyl (C=O) groups is 1. The number of aromatic nitrogens is 2. The standard InChI is InChI=1S/C30H33IN4O4S/c1-20-8-10-25(11-9-20)40(37,38)35-19-27(31)26-17-22(18-32-28(26)35)21-6-5-7-24(16-21)33-23-12-14-34(15-13-23)29(36)39-30(2,3)4/h5-11,16-19,23,33H,12-15H2,1-4H3. The van der Waals surface area contributed by atoms with Gasteiger partial charge in [-0.1, -0.05) is 29.8 Å². The maximum atomic E-state index is 13.4. The number of fused-ring (bicyclic) bond motifs is 1. The molecule has 4 aromatic rings. The van der Waals surface area contributed by atoms with Crippen molar-refractivity contribution in [1.29, 1.82) is 0 Å². The molecule has 0 spiro atoms. The summed E-state index contributed by atoms with van der Waals surface area (Å²) in [5.41, 5.74) is 3.77. The van der Waals surface area contributed by atoms with E-state index < -0.39 is 15.6 Å². The van der Waals surface area contributed by atoms with E-state index in [4.69, 9.17) is 4.74 Å². The lowest BCUT2D eigenvalue weighted by Crippen LogP contribution is -2.44. The average molecular weight is 673 g/mol. The third-order valence-corrected chi connectivity index (χ3v) is 9.38. The third kappa shape index (κ3) is 6.12. The summed E-state index contributed by atoms with van der Waals surface area (Å²) in [5.74, 6) is 0. The Bertz CT molecular complexity index is 1650. The Morgan fingerprint density at radius 3 is 2.42 bits per heavy atom. The summed E-state index contributed by atoms with van der Waals surface area (Å²) >= 11 is 2.16. The van der Waals surface area contributed by atoms with Crippen LogP contribution in [0.2, 0.25) is 0 Å². The van der Waals surface area contributed by atoms with E-state index in [0.29, 0.717) is 18.7 Å². The zero-order chi connectivity index (χ0) is 28.7. The van der Waals surface area contributed by atoms with Crippen LogP contribution in [-0.2, 0) is 14.8 Å². The number of carbonyl (C=O) groups excluding carboxylic acids is 1. The molecule has 0 unspecified atom stereocenters. The highest BCUT2D eigenvalue weighted by atomic mass is 127. The van der Waals surface area contributed by atoms with Gasteiger partial charge in [0.2, 0.25) is 0 Å². The first-order valence-corrected chi connectivity index (χ1v) is 15.8. The van der Waals surface area contributed by atoms with Gasteiger partial charge < -0.3 is 15.0 Å². The molecule has 3 heterocycles. The molecule has 5 rings (SSSR count). The van der Waals surface area contributed by atoms with Crippen LogP contribution in [0, 0.1) is 10.5 Å². The minimum atomic E-state index is -3.77. The van der Waals surface area contributed by atoms with E-state index in [2.05, 4.69) is 39.0 Å². The molecule has 1 fully saturated rings. The predicted molar refractivity (Wildman–Crippen MR) is 166 cm³/mol. The van der Waals surface area contributed by atoms with E-state index in [-0.39, 0.29) is 17.0 Å². The maximum Gasteiger partial charge on any atom is 0.410 e. The number of benzene rings is 2. The van der Waals surface area contributed by atoms with Crippen molar-refractivity contribution >= 4 is 55.4 Å². The third-order valence-electron chi connectivity index (χ3n) is 6.85. The van der Waals surface area contributed by atoms with Gasteiger partial charge in [-0.2, -0.15) is 0 Å². The van der Waals surface area contributed by atoms with Crippen molar-refractivity contribution in [3.05, 3.63) is 76.1 Å². The largest absolute Gasteiger partial charge is 0.444 e. The van der Waals surface area contributed by atoms with Crippen LogP contribution in [0.1, 0.15) is 39.2 Å². The normalized spacial score (nSPS) is 14.9. The van der Waals surface area contributed by atoms with Crippen molar-refractivity contribution in [3.63, 3.8) is 0 Å². The summed E-state index contributed by atoms with van der Waals surface area (Å²) in [6.45, 7) is 8.85. The molecule has 0 saturated carbocycles. The molecule has 1 saturated heterocycles. The van der Waals surface area contributed by atoms with E-state index in [1.54, 1.807) is 41.6 Å². The Morgan fingerprint density at radius 2 is 1.75 bits per heavy atom. The van der Waals surface area contributed by atoms with Gasteiger partial charge in [-0.25, -0.2) is 22.2 Å². The molecule has 1 amide bonds. The average Bonchev–Trinajstić information content (AvgIpc) is 3.25. The molecule has 1 N–H and O–H groups in total. The van der Waals surface area contributed by atoms with Gasteiger partial charge in [0, 0.05) is 51.7 Å². The molecule has 0 aliphatic carbocycles. The van der Waals surface area contributed by atoms with E-state index in [9.17, 15) is 13.2 Å². The second kappa shape index (κ2) is 11.0. The molecule has 210 valence electrons. The van der Waals surface area contributed by atoms with Crippen LogP contribution in [0.5, 0.6) is 0 Å². The fourth-order valence-electron chi connectivity index (χ4n) is 4.76. The summed E-state index contributed by atoms with van der Waals surface area (Å²) in [5, 5.41) is 4.39. The molecule has 2 aromatic heterocycles. The molecular formula is C30H33IN4O4S. The number of nitrogens with zero attached hydrogens (tertiary/aromatic N) is 3. The molecule has 40 heavy (non-hydrogen) atoms. The first-order chi connectivity index (χ1) is 18.9. The molecule has 1 aliphatic rings. The quantitative estimate of drug-likeness (QED) is 0.239. The summed E-state index contributed by atoms with van der Waals surface area (Å²) in [6, 6.07) is 17.2. The van der Waals surface area contributed by atoms with Crippen molar-refractivity contribution in [2.45, 2.75) is 57.1 Å². The number of ether oxygens (including phenoxy) is 1.